The molecule has 6 heteroatoms. The van der Waals surface area contributed by atoms with Crippen LogP contribution in [-0.2, 0) is 0 Å². The number of nitrogens with one attached hydrogen (secondary N) is 1. The smallest absolute Gasteiger partial charge is 0.329 e. The van der Waals surface area contributed by atoms with E-state index in [0.717, 1.165) is 4.90 Å². The van der Waals surface area contributed by atoms with Crippen molar-refractivity contribution in [1.29, 1.82) is 0 Å². The molecule has 0 fully saturated rings. The molecule has 0 atom stereocenters. The zero-order valence-corrected chi connectivity index (χ0v) is 6.90. The topological polar surface area (TPSA) is 32.3 Å². The van der Waals surface area contributed by atoms with Gasteiger partial charge in [-0.2, -0.15) is 13.2 Å². The summed E-state index contributed by atoms with van der Waals surface area (Å²) in [6.45, 7) is 0.771. The van der Waals surface area contributed by atoms with Gasteiger partial charge in [0.1, 0.15) is 6.54 Å². The Morgan fingerprint density at radius 3 is 2.33 bits per heavy atom. The number of carbonyl (C=O) groups excluding carboxylic acids is 1. The molecule has 0 heterocycles. The summed E-state index contributed by atoms with van der Waals surface area (Å²) < 4.78 is 34.7. The van der Waals surface area contributed by atoms with Crippen LogP contribution in [0.15, 0.2) is 0 Å². The molecule has 0 aromatic heterocycles. The van der Waals surface area contributed by atoms with E-state index in [1.807, 2.05) is 0 Å². The van der Waals surface area contributed by atoms with Gasteiger partial charge in [-0.25, -0.2) is 4.79 Å². The van der Waals surface area contributed by atoms with Crippen LogP contribution in [0, 0.1) is 0 Å². The molecule has 0 aliphatic carbocycles. The molecule has 0 radical (unpaired) electrons. The van der Waals surface area contributed by atoms with Gasteiger partial charge in [-0.3, -0.25) is 0 Å². The fraction of sp³-hybridized carbons (Fsp3) is 0.833. The van der Waals surface area contributed by atoms with Crippen LogP contribution in [0.1, 0.15) is 6.92 Å². The Hall–Kier alpha value is -0.940. The summed E-state index contributed by atoms with van der Waals surface area (Å²) in [6.07, 6.45) is -4.34. The predicted octanol–water partition coefficient (Wildman–Crippen LogP) is 1.21. The van der Waals surface area contributed by atoms with Crippen LogP contribution in [-0.4, -0.2) is 37.2 Å². The van der Waals surface area contributed by atoms with E-state index in [9.17, 15) is 18.0 Å². The van der Waals surface area contributed by atoms with Crippen molar-refractivity contribution in [2.45, 2.75) is 13.1 Å². The molecule has 0 spiro atoms. The van der Waals surface area contributed by atoms with Gasteiger partial charge in [0.25, 0.3) is 0 Å². The number of carbonyl (C=O) groups is 1. The van der Waals surface area contributed by atoms with Gasteiger partial charge in [-0.05, 0) is 6.92 Å². The number of nitrogens with zero attached hydrogens (tertiary/aromatic N) is 1. The zero-order chi connectivity index (χ0) is 9.78. The third kappa shape index (κ3) is 4.81. The highest BCUT2D eigenvalue weighted by molar-refractivity contribution is 5.73. The second-order valence-electron chi connectivity index (χ2n) is 2.29. The lowest BCUT2D eigenvalue weighted by atomic mass is 10.6. The van der Waals surface area contributed by atoms with E-state index in [-0.39, 0.29) is 0 Å². The summed E-state index contributed by atoms with van der Waals surface area (Å²) in [7, 11) is 1.42. The zero-order valence-electron chi connectivity index (χ0n) is 6.90. The van der Waals surface area contributed by atoms with E-state index in [1.165, 1.54) is 7.05 Å². The van der Waals surface area contributed by atoms with Crippen molar-refractivity contribution in [3.8, 4) is 0 Å². The molecule has 0 saturated carbocycles. The monoisotopic (exact) mass is 184 g/mol. The molecule has 0 aromatic carbocycles. The Morgan fingerprint density at radius 2 is 2.00 bits per heavy atom. The Kier molecular flexibility index (Phi) is 3.85. The van der Waals surface area contributed by atoms with Crippen molar-refractivity contribution in [3.63, 3.8) is 0 Å². The molecule has 1 N–H and O–H groups in total. The van der Waals surface area contributed by atoms with Gasteiger partial charge in [-0.1, -0.05) is 0 Å². The van der Waals surface area contributed by atoms with Gasteiger partial charge in [0.2, 0.25) is 0 Å². The van der Waals surface area contributed by atoms with Gasteiger partial charge in [0.15, 0.2) is 0 Å². The number of hydrogen-bond acceptors (Lipinski definition) is 1. The Labute approximate surface area is 68.5 Å². The lowest BCUT2D eigenvalue weighted by molar-refractivity contribution is -0.123. The lowest BCUT2D eigenvalue weighted by Crippen LogP contribution is -2.41. The molecule has 72 valence electrons. The largest absolute Gasteiger partial charge is 0.405 e. The van der Waals surface area contributed by atoms with Crippen molar-refractivity contribution in [1.82, 2.24) is 10.2 Å². The Balaban J connectivity index is 3.72. The van der Waals surface area contributed by atoms with E-state index in [4.69, 9.17) is 0 Å². The summed E-state index contributed by atoms with van der Waals surface area (Å²) in [5.74, 6) is 0. The predicted molar refractivity (Wildman–Crippen MR) is 37.8 cm³/mol. The number of hydrogen-bond donors (Lipinski definition) is 1. The first-order valence-electron chi connectivity index (χ1n) is 3.42. The second kappa shape index (κ2) is 4.18. The molecule has 0 rings (SSSR count). The number of urea groups is 1. The Bertz CT molecular complexity index is 157. The van der Waals surface area contributed by atoms with E-state index in [2.05, 4.69) is 0 Å². The first kappa shape index (κ1) is 11.1. The van der Waals surface area contributed by atoms with Crippen LogP contribution in [0.5, 0.6) is 0 Å². The number of rotatable bonds is 2. The minimum Gasteiger partial charge on any atom is -0.329 e. The molecule has 0 aliphatic rings. The van der Waals surface area contributed by atoms with Crippen LogP contribution in [0.25, 0.3) is 0 Å². The molecule has 0 aromatic rings. The molecule has 12 heavy (non-hydrogen) atoms. The first-order chi connectivity index (χ1) is 5.37. The van der Waals surface area contributed by atoms with Gasteiger partial charge in [0.05, 0.1) is 0 Å². The van der Waals surface area contributed by atoms with Crippen molar-refractivity contribution in [2.75, 3.05) is 20.1 Å². The summed E-state index contributed by atoms with van der Waals surface area (Å²) in [6, 6.07) is -0.713. The molecule has 3 nitrogen and oxygen atoms in total. The van der Waals surface area contributed by atoms with E-state index in [0.29, 0.717) is 6.54 Å². The highest BCUT2D eigenvalue weighted by atomic mass is 19.4. The van der Waals surface area contributed by atoms with Crippen molar-refractivity contribution in [2.24, 2.45) is 0 Å². The standard InChI is InChI=1S/C6H11F3N2O/c1-3-11(2)5(12)10-4-6(7,8)9/h3-4H2,1-2H3,(H,10,12). The highest BCUT2D eigenvalue weighted by Gasteiger charge is 2.28. The van der Waals surface area contributed by atoms with E-state index < -0.39 is 18.8 Å². The van der Waals surface area contributed by atoms with Gasteiger partial charge in [0, 0.05) is 13.6 Å². The molecular formula is C6H11F3N2O. The van der Waals surface area contributed by atoms with Gasteiger partial charge in [-0.15, -0.1) is 0 Å². The quantitative estimate of drug-likeness (QED) is 0.687. The maximum absolute atomic E-state index is 11.6. The molecular weight excluding hydrogens is 173 g/mol. The molecule has 0 unspecified atom stereocenters. The van der Waals surface area contributed by atoms with Crippen LogP contribution < -0.4 is 5.32 Å². The van der Waals surface area contributed by atoms with Crippen molar-refractivity contribution >= 4 is 6.03 Å². The van der Waals surface area contributed by atoms with Crippen LogP contribution >= 0.6 is 0 Å². The molecule has 0 aliphatic heterocycles. The third-order valence-corrected chi connectivity index (χ3v) is 1.26. The van der Waals surface area contributed by atoms with Gasteiger partial charge < -0.3 is 10.2 Å². The summed E-state index contributed by atoms with van der Waals surface area (Å²) in [5.41, 5.74) is 0. The fourth-order valence-electron chi connectivity index (χ4n) is 0.454. The maximum Gasteiger partial charge on any atom is 0.405 e. The van der Waals surface area contributed by atoms with Gasteiger partial charge >= 0.3 is 12.2 Å². The summed E-state index contributed by atoms with van der Waals surface area (Å²) in [5, 5.41) is 1.74. The molecule has 2 amide bonds. The van der Waals surface area contributed by atoms with E-state index in [1.54, 1.807) is 12.2 Å². The summed E-state index contributed by atoms with van der Waals surface area (Å²) >= 11 is 0. The number of amides is 2. The number of alkyl halides is 3. The minimum atomic E-state index is -4.34. The average molecular weight is 184 g/mol. The molecule has 0 saturated heterocycles. The fourth-order valence-corrected chi connectivity index (χ4v) is 0.454. The van der Waals surface area contributed by atoms with E-state index >= 15 is 0 Å². The van der Waals surface area contributed by atoms with Crippen LogP contribution in [0.2, 0.25) is 0 Å². The van der Waals surface area contributed by atoms with Crippen molar-refractivity contribution in [3.05, 3.63) is 0 Å². The van der Waals surface area contributed by atoms with Crippen molar-refractivity contribution < 1.29 is 18.0 Å². The lowest BCUT2D eigenvalue weighted by Gasteiger charge is -2.16. The average Bonchev–Trinajstić information content (AvgIpc) is 1.97. The van der Waals surface area contributed by atoms with Crippen LogP contribution in [0.4, 0.5) is 18.0 Å². The SMILES string of the molecule is CCN(C)C(=O)NCC(F)(F)F. The molecule has 0 bridgehead atoms. The first-order valence-corrected chi connectivity index (χ1v) is 3.42. The Morgan fingerprint density at radius 1 is 1.50 bits per heavy atom. The summed E-state index contributed by atoms with van der Waals surface area (Å²) in [4.78, 5) is 11.9. The highest BCUT2D eigenvalue weighted by Crippen LogP contribution is 2.12. The number of halogens is 3. The maximum atomic E-state index is 11.6. The second-order valence-corrected chi connectivity index (χ2v) is 2.29. The normalized spacial score (nSPS) is 11.1. The minimum absolute atomic E-state index is 0.379. The van der Waals surface area contributed by atoms with Crippen LogP contribution in [0.3, 0.4) is 0 Å². The third-order valence-electron chi connectivity index (χ3n) is 1.26.